The predicted molar refractivity (Wildman–Crippen MR) is 77.6 cm³/mol. The molecular formula is C16H25NO2. The average molecular weight is 263 g/mol. The summed E-state index contributed by atoms with van der Waals surface area (Å²) in [7, 11) is 1.73. The van der Waals surface area contributed by atoms with Crippen molar-refractivity contribution in [3.8, 4) is 5.75 Å². The van der Waals surface area contributed by atoms with Crippen LogP contribution in [0.4, 0.5) is 0 Å². The van der Waals surface area contributed by atoms with E-state index < -0.39 is 0 Å². The highest BCUT2D eigenvalue weighted by atomic mass is 16.5. The van der Waals surface area contributed by atoms with Crippen molar-refractivity contribution in [2.75, 3.05) is 26.9 Å². The summed E-state index contributed by atoms with van der Waals surface area (Å²) in [5, 5.41) is 3.58. The largest absolute Gasteiger partial charge is 0.496 e. The summed E-state index contributed by atoms with van der Waals surface area (Å²) in [6.45, 7) is 8.14. The first-order chi connectivity index (χ1) is 9.13. The van der Waals surface area contributed by atoms with Crippen LogP contribution in [0.3, 0.4) is 0 Å². The summed E-state index contributed by atoms with van der Waals surface area (Å²) in [6.07, 6.45) is 2.29. The maximum atomic E-state index is 5.43. The van der Waals surface area contributed by atoms with Crippen LogP contribution in [0, 0.1) is 12.3 Å². The molecule has 106 valence electrons. The Balaban J connectivity index is 1.90. The first-order valence-corrected chi connectivity index (χ1v) is 7.05. The van der Waals surface area contributed by atoms with E-state index in [2.05, 4.69) is 31.3 Å². The SMILES string of the molecule is COc1ccc(C)cc1CNCC1(C)CCOCC1. The fourth-order valence-electron chi connectivity index (χ4n) is 2.59. The molecule has 0 unspecified atom stereocenters. The lowest BCUT2D eigenvalue weighted by Crippen LogP contribution is -2.36. The molecule has 1 fully saturated rings. The van der Waals surface area contributed by atoms with Gasteiger partial charge in [0.15, 0.2) is 0 Å². The van der Waals surface area contributed by atoms with Crippen molar-refractivity contribution in [1.82, 2.24) is 5.32 Å². The van der Waals surface area contributed by atoms with Crippen molar-refractivity contribution in [2.24, 2.45) is 5.41 Å². The van der Waals surface area contributed by atoms with Gasteiger partial charge in [0.05, 0.1) is 7.11 Å². The summed E-state index contributed by atoms with van der Waals surface area (Å²) in [5.74, 6) is 0.968. The number of aryl methyl sites for hydroxylation is 1. The number of hydrogen-bond acceptors (Lipinski definition) is 3. The van der Waals surface area contributed by atoms with Crippen molar-refractivity contribution >= 4 is 0 Å². The number of rotatable bonds is 5. The number of benzene rings is 1. The highest BCUT2D eigenvalue weighted by molar-refractivity contribution is 5.36. The quantitative estimate of drug-likeness (QED) is 0.886. The summed E-state index contributed by atoms with van der Waals surface area (Å²) in [6, 6.07) is 6.32. The van der Waals surface area contributed by atoms with Gasteiger partial charge in [-0.3, -0.25) is 0 Å². The standard InChI is InChI=1S/C16H25NO2/c1-13-4-5-15(18-3)14(10-13)11-17-12-16(2)6-8-19-9-7-16/h4-5,10,17H,6-9,11-12H2,1-3H3. The molecule has 1 aromatic carbocycles. The van der Waals surface area contributed by atoms with Crippen LogP contribution in [0.25, 0.3) is 0 Å². The fourth-order valence-corrected chi connectivity index (χ4v) is 2.59. The minimum Gasteiger partial charge on any atom is -0.496 e. The lowest BCUT2D eigenvalue weighted by Gasteiger charge is -2.33. The van der Waals surface area contributed by atoms with Crippen LogP contribution in [0.1, 0.15) is 30.9 Å². The smallest absolute Gasteiger partial charge is 0.123 e. The summed E-state index contributed by atoms with van der Waals surface area (Å²) >= 11 is 0. The van der Waals surface area contributed by atoms with Crippen LogP contribution in [0.15, 0.2) is 18.2 Å². The Labute approximate surface area is 116 Å². The summed E-state index contributed by atoms with van der Waals surface area (Å²) < 4.78 is 10.8. The Bertz CT molecular complexity index is 411. The van der Waals surface area contributed by atoms with Gasteiger partial charge in [0.25, 0.3) is 0 Å². The zero-order chi connectivity index (χ0) is 13.7. The van der Waals surface area contributed by atoms with Gasteiger partial charge < -0.3 is 14.8 Å². The minimum absolute atomic E-state index is 0.370. The first-order valence-electron chi connectivity index (χ1n) is 7.05. The van der Waals surface area contributed by atoms with Gasteiger partial charge in [0.2, 0.25) is 0 Å². The van der Waals surface area contributed by atoms with Crippen LogP contribution in [-0.4, -0.2) is 26.9 Å². The van der Waals surface area contributed by atoms with Gasteiger partial charge in [-0.2, -0.15) is 0 Å². The van der Waals surface area contributed by atoms with Crippen LogP contribution >= 0.6 is 0 Å². The summed E-state index contributed by atoms with van der Waals surface area (Å²) in [4.78, 5) is 0. The number of methoxy groups -OCH3 is 1. The second-order valence-corrected chi connectivity index (χ2v) is 5.84. The predicted octanol–water partition coefficient (Wildman–Crippen LogP) is 2.91. The van der Waals surface area contributed by atoms with E-state index in [0.717, 1.165) is 44.9 Å². The van der Waals surface area contributed by atoms with Crippen LogP contribution in [0.2, 0.25) is 0 Å². The zero-order valence-electron chi connectivity index (χ0n) is 12.3. The van der Waals surface area contributed by atoms with E-state index >= 15 is 0 Å². The monoisotopic (exact) mass is 263 g/mol. The Kier molecular flexibility index (Phi) is 4.83. The second kappa shape index (κ2) is 6.40. The molecule has 0 saturated carbocycles. The topological polar surface area (TPSA) is 30.5 Å². The second-order valence-electron chi connectivity index (χ2n) is 5.84. The van der Waals surface area contributed by atoms with E-state index in [0.29, 0.717) is 5.41 Å². The molecule has 0 bridgehead atoms. The van der Waals surface area contributed by atoms with Crippen molar-refractivity contribution in [2.45, 2.75) is 33.2 Å². The minimum atomic E-state index is 0.370. The summed E-state index contributed by atoms with van der Waals surface area (Å²) in [5.41, 5.74) is 2.88. The van der Waals surface area contributed by atoms with Crippen molar-refractivity contribution in [1.29, 1.82) is 0 Å². The lowest BCUT2D eigenvalue weighted by atomic mass is 9.82. The molecule has 1 aromatic rings. The van der Waals surface area contributed by atoms with Gasteiger partial charge in [-0.15, -0.1) is 0 Å². The van der Waals surface area contributed by atoms with Gasteiger partial charge >= 0.3 is 0 Å². The number of nitrogens with one attached hydrogen (secondary N) is 1. The Morgan fingerprint density at radius 2 is 2.05 bits per heavy atom. The molecule has 1 aliphatic rings. The van der Waals surface area contributed by atoms with E-state index in [4.69, 9.17) is 9.47 Å². The maximum Gasteiger partial charge on any atom is 0.123 e. The van der Waals surface area contributed by atoms with Crippen molar-refractivity contribution in [3.05, 3.63) is 29.3 Å². The first kappa shape index (κ1) is 14.4. The van der Waals surface area contributed by atoms with Gasteiger partial charge in [0, 0.05) is 31.9 Å². The molecule has 1 aliphatic heterocycles. The normalized spacial score (nSPS) is 18.3. The molecule has 1 heterocycles. The molecule has 0 aromatic heterocycles. The van der Waals surface area contributed by atoms with Gasteiger partial charge in [-0.1, -0.05) is 24.6 Å². The molecular weight excluding hydrogens is 238 g/mol. The Hall–Kier alpha value is -1.06. The molecule has 1 N–H and O–H groups in total. The van der Waals surface area contributed by atoms with E-state index in [1.807, 2.05) is 6.07 Å². The average Bonchev–Trinajstić information content (AvgIpc) is 2.40. The molecule has 0 radical (unpaired) electrons. The molecule has 0 spiro atoms. The Morgan fingerprint density at radius 3 is 2.74 bits per heavy atom. The molecule has 19 heavy (non-hydrogen) atoms. The van der Waals surface area contributed by atoms with E-state index in [1.165, 1.54) is 11.1 Å². The lowest BCUT2D eigenvalue weighted by molar-refractivity contribution is 0.0240. The van der Waals surface area contributed by atoms with Gasteiger partial charge in [-0.25, -0.2) is 0 Å². The van der Waals surface area contributed by atoms with Crippen LogP contribution < -0.4 is 10.1 Å². The number of hydrogen-bond donors (Lipinski definition) is 1. The highest BCUT2D eigenvalue weighted by Gasteiger charge is 2.26. The van der Waals surface area contributed by atoms with E-state index in [1.54, 1.807) is 7.11 Å². The third-order valence-corrected chi connectivity index (χ3v) is 4.00. The molecule has 2 rings (SSSR count). The van der Waals surface area contributed by atoms with Crippen LogP contribution in [-0.2, 0) is 11.3 Å². The molecule has 1 saturated heterocycles. The molecule has 3 heteroatoms. The maximum absolute atomic E-state index is 5.43. The Morgan fingerprint density at radius 1 is 1.32 bits per heavy atom. The van der Waals surface area contributed by atoms with Crippen molar-refractivity contribution < 1.29 is 9.47 Å². The fraction of sp³-hybridized carbons (Fsp3) is 0.625. The van der Waals surface area contributed by atoms with Crippen molar-refractivity contribution in [3.63, 3.8) is 0 Å². The zero-order valence-corrected chi connectivity index (χ0v) is 12.3. The molecule has 3 nitrogen and oxygen atoms in total. The molecule has 0 atom stereocenters. The third kappa shape index (κ3) is 3.95. The van der Waals surface area contributed by atoms with Gasteiger partial charge in [-0.05, 0) is 31.2 Å². The molecule has 0 amide bonds. The molecule has 0 aliphatic carbocycles. The van der Waals surface area contributed by atoms with E-state index in [-0.39, 0.29) is 0 Å². The van der Waals surface area contributed by atoms with E-state index in [9.17, 15) is 0 Å². The van der Waals surface area contributed by atoms with Gasteiger partial charge in [0.1, 0.15) is 5.75 Å². The number of ether oxygens (including phenoxy) is 2. The third-order valence-electron chi connectivity index (χ3n) is 4.00. The highest BCUT2D eigenvalue weighted by Crippen LogP contribution is 2.29. The van der Waals surface area contributed by atoms with Crippen LogP contribution in [0.5, 0.6) is 5.75 Å².